The second kappa shape index (κ2) is 4.98. The van der Waals surface area contributed by atoms with Crippen LogP contribution in [0.1, 0.15) is 25.3 Å². The Morgan fingerprint density at radius 2 is 2.00 bits per heavy atom. The van der Waals surface area contributed by atoms with Gasteiger partial charge in [-0.25, -0.2) is 0 Å². The van der Waals surface area contributed by atoms with Gasteiger partial charge in [0, 0.05) is 21.5 Å². The molecule has 2 rings (SSSR count). The van der Waals surface area contributed by atoms with Crippen molar-refractivity contribution in [2.24, 2.45) is 5.92 Å². The number of benzene rings is 1. The maximum Gasteiger partial charge on any atom is 0.0320 e. The summed E-state index contributed by atoms with van der Waals surface area (Å²) >= 11 is 6.99. The Kier molecular flexibility index (Phi) is 3.86. The van der Waals surface area contributed by atoms with Crippen LogP contribution in [0.2, 0.25) is 0 Å². The van der Waals surface area contributed by atoms with Crippen LogP contribution in [0, 0.1) is 5.92 Å². The summed E-state index contributed by atoms with van der Waals surface area (Å²) in [7, 11) is 0. The first kappa shape index (κ1) is 11.6. The molecule has 1 aliphatic carbocycles. The lowest BCUT2D eigenvalue weighted by atomic mass is 9.82. The smallest absolute Gasteiger partial charge is 0.0320 e. The van der Waals surface area contributed by atoms with E-state index in [0.717, 1.165) is 27.4 Å². The highest BCUT2D eigenvalue weighted by Gasteiger charge is 2.24. The van der Waals surface area contributed by atoms with Gasteiger partial charge in [-0.05, 0) is 68.3 Å². The molecule has 1 aromatic rings. The van der Waals surface area contributed by atoms with Crippen LogP contribution < -0.4 is 5.32 Å². The monoisotopic (exact) mass is 331 g/mol. The summed E-state index contributed by atoms with van der Waals surface area (Å²) < 4.78 is 2.24. The number of hydrogen-bond acceptors (Lipinski definition) is 1. The first-order chi connectivity index (χ1) is 7.15. The van der Waals surface area contributed by atoms with Gasteiger partial charge in [-0.3, -0.25) is 0 Å². The zero-order valence-electron chi connectivity index (χ0n) is 8.76. The average molecular weight is 333 g/mol. The van der Waals surface area contributed by atoms with Crippen LogP contribution >= 0.6 is 31.9 Å². The third-order valence-corrected chi connectivity index (χ3v) is 4.83. The summed E-state index contributed by atoms with van der Waals surface area (Å²) in [5.41, 5.74) is 1.34. The highest BCUT2D eigenvalue weighted by molar-refractivity contribution is 9.13. The zero-order valence-corrected chi connectivity index (χ0v) is 11.9. The molecule has 1 aliphatic rings. The molecular weight excluding hydrogens is 318 g/mol. The van der Waals surface area contributed by atoms with Gasteiger partial charge in [-0.15, -0.1) is 0 Å². The van der Waals surface area contributed by atoms with E-state index in [2.05, 4.69) is 62.3 Å². The summed E-state index contributed by atoms with van der Waals surface area (Å²) in [6, 6.07) is 7.15. The fourth-order valence-corrected chi connectivity index (χ4v) is 2.65. The minimum atomic E-state index is 0.738. The molecule has 0 aliphatic heterocycles. The predicted octanol–water partition coefficient (Wildman–Crippen LogP) is 4.10. The van der Waals surface area contributed by atoms with Crippen molar-refractivity contribution >= 4 is 31.9 Å². The standard InChI is InChI=1S/C12H15Br2N/c1-8-4-10(5-8)15-7-9-2-3-11(13)12(14)6-9/h2-3,6,8,10,15H,4-5,7H2,1H3. The van der Waals surface area contributed by atoms with E-state index in [4.69, 9.17) is 0 Å². The lowest BCUT2D eigenvalue weighted by molar-refractivity contribution is 0.240. The first-order valence-corrected chi connectivity index (χ1v) is 6.91. The van der Waals surface area contributed by atoms with Crippen molar-refractivity contribution in [1.82, 2.24) is 5.32 Å². The van der Waals surface area contributed by atoms with E-state index in [1.54, 1.807) is 0 Å². The quantitative estimate of drug-likeness (QED) is 0.878. The van der Waals surface area contributed by atoms with E-state index in [-0.39, 0.29) is 0 Å². The Morgan fingerprint density at radius 3 is 2.60 bits per heavy atom. The van der Waals surface area contributed by atoms with E-state index in [1.807, 2.05) is 0 Å². The molecule has 0 bridgehead atoms. The molecule has 0 aromatic heterocycles. The Bertz CT molecular complexity index is 345. The Hall–Kier alpha value is 0.140. The van der Waals surface area contributed by atoms with Gasteiger partial charge >= 0.3 is 0 Å². The summed E-state index contributed by atoms with van der Waals surface area (Å²) in [5.74, 6) is 0.916. The molecule has 1 nitrogen and oxygen atoms in total. The molecule has 82 valence electrons. The normalized spacial score (nSPS) is 25.0. The fourth-order valence-electron chi connectivity index (χ4n) is 1.98. The Labute approximate surface area is 108 Å². The van der Waals surface area contributed by atoms with E-state index in [0.29, 0.717) is 0 Å². The largest absolute Gasteiger partial charge is 0.310 e. The van der Waals surface area contributed by atoms with Gasteiger partial charge in [-0.1, -0.05) is 13.0 Å². The minimum Gasteiger partial charge on any atom is -0.310 e. The molecule has 0 amide bonds. The van der Waals surface area contributed by atoms with Crippen molar-refractivity contribution in [3.8, 4) is 0 Å². The molecule has 0 saturated heterocycles. The lowest BCUT2D eigenvalue weighted by Crippen LogP contribution is -2.39. The second-order valence-corrected chi connectivity index (χ2v) is 6.11. The lowest BCUT2D eigenvalue weighted by Gasteiger charge is -2.33. The number of nitrogens with one attached hydrogen (secondary N) is 1. The SMILES string of the molecule is CC1CC(NCc2ccc(Br)c(Br)c2)C1. The average Bonchev–Trinajstić information content (AvgIpc) is 2.16. The fraction of sp³-hybridized carbons (Fsp3) is 0.500. The van der Waals surface area contributed by atoms with Crippen LogP contribution in [0.15, 0.2) is 27.1 Å². The van der Waals surface area contributed by atoms with Crippen LogP contribution in [-0.4, -0.2) is 6.04 Å². The number of rotatable bonds is 3. The first-order valence-electron chi connectivity index (χ1n) is 5.32. The molecule has 0 heterocycles. The van der Waals surface area contributed by atoms with Crippen LogP contribution in [0.25, 0.3) is 0 Å². The Balaban J connectivity index is 1.86. The molecular formula is C12H15Br2N. The molecule has 1 aromatic carbocycles. The maximum atomic E-state index is 3.58. The van der Waals surface area contributed by atoms with Crippen LogP contribution in [0.3, 0.4) is 0 Å². The third-order valence-electron chi connectivity index (χ3n) is 2.95. The number of halogens is 2. The summed E-state index contributed by atoms with van der Waals surface area (Å²) in [5, 5.41) is 3.58. The van der Waals surface area contributed by atoms with Crippen molar-refractivity contribution in [3.63, 3.8) is 0 Å². The molecule has 0 spiro atoms. The van der Waals surface area contributed by atoms with Gasteiger partial charge in [-0.2, -0.15) is 0 Å². The molecule has 1 saturated carbocycles. The van der Waals surface area contributed by atoms with Crippen LogP contribution in [-0.2, 0) is 6.54 Å². The predicted molar refractivity (Wildman–Crippen MR) is 70.9 cm³/mol. The molecule has 0 radical (unpaired) electrons. The molecule has 1 N–H and O–H groups in total. The van der Waals surface area contributed by atoms with Crippen molar-refractivity contribution in [3.05, 3.63) is 32.7 Å². The van der Waals surface area contributed by atoms with E-state index < -0.39 is 0 Å². The molecule has 0 unspecified atom stereocenters. The molecule has 1 fully saturated rings. The highest BCUT2D eigenvalue weighted by atomic mass is 79.9. The van der Waals surface area contributed by atoms with Crippen molar-refractivity contribution < 1.29 is 0 Å². The number of hydrogen-bond donors (Lipinski definition) is 1. The van der Waals surface area contributed by atoms with Crippen LogP contribution in [0.4, 0.5) is 0 Å². The van der Waals surface area contributed by atoms with Gasteiger partial charge in [0.1, 0.15) is 0 Å². The topological polar surface area (TPSA) is 12.0 Å². The summed E-state index contributed by atoms with van der Waals surface area (Å²) in [6.45, 7) is 3.29. The maximum absolute atomic E-state index is 3.58. The van der Waals surface area contributed by atoms with Gasteiger partial charge in [0.2, 0.25) is 0 Å². The molecule has 15 heavy (non-hydrogen) atoms. The second-order valence-electron chi connectivity index (χ2n) is 4.40. The summed E-state index contributed by atoms with van der Waals surface area (Å²) in [4.78, 5) is 0. The van der Waals surface area contributed by atoms with Crippen molar-refractivity contribution in [2.45, 2.75) is 32.4 Å². The van der Waals surface area contributed by atoms with Crippen molar-refractivity contribution in [2.75, 3.05) is 0 Å². The zero-order chi connectivity index (χ0) is 10.8. The van der Waals surface area contributed by atoms with Gasteiger partial charge in [0.05, 0.1) is 0 Å². The van der Waals surface area contributed by atoms with E-state index >= 15 is 0 Å². The van der Waals surface area contributed by atoms with Gasteiger partial charge in [0.15, 0.2) is 0 Å². The third kappa shape index (κ3) is 3.05. The molecule has 0 atom stereocenters. The minimum absolute atomic E-state index is 0.738. The van der Waals surface area contributed by atoms with E-state index in [1.165, 1.54) is 18.4 Å². The van der Waals surface area contributed by atoms with Gasteiger partial charge < -0.3 is 5.32 Å². The van der Waals surface area contributed by atoms with E-state index in [9.17, 15) is 0 Å². The highest BCUT2D eigenvalue weighted by Crippen LogP contribution is 2.27. The summed E-state index contributed by atoms with van der Waals surface area (Å²) in [6.07, 6.45) is 2.66. The molecule has 3 heteroatoms. The van der Waals surface area contributed by atoms with Crippen molar-refractivity contribution in [1.29, 1.82) is 0 Å². The Morgan fingerprint density at radius 1 is 1.27 bits per heavy atom. The van der Waals surface area contributed by atoms with Gasteiger partial charge in [0.25, 0.3) is 0 Å². The van der Waals surface area contributed by atoms with Crippen LogP contribution in [0.5, 0.6) is 0 Å².